The Morgan fingerprint density at radius 3 is 2.83 bits per heavy atom. The maximum absolute atomic E-state index is 11.9. The highest BCUT2D eigenvalue weighted by Crippen LogP contribution is 2.22. The van der Waals surface area contributed by atoms with E-state index in [0.717, 1.165) is 12.8 Å². The summed E-state index contributed by atoms with van der Waals surface area (Å²) in [5.41, 5.74) is 3.29. The molecule has 1 aliphatic rings. The zero-order valence-electron chi connectivity index (χ0n) is 10.5. The summed E-state index contributed by atoms with van der Waals surface area (Å²) in [5.74, 6) is -0.446. The summed E-state index contributed by atoms with van der Waals surface area (Å²) < 4.78 is 4.51. The van der Waals surface area contributed by atoms with Crippen LogP contribution in [0.1, 0.15) is 34.3 Å². The van der Waals surface area contributed by atoms with Gasteiger partial charge < -0.3 is 10.1 Å². The predicted molar refractivity (Wildman–Crippen MR) is 67.4 cm³/mol. The van der Waals surface area contributed by atoms with Gasteiger partial charge in [-0.05, 0) is 42.5 Å². The van der Waals surface area contributed by atoms with Gasteiger partial charge in [0.15, 0.2) is 0 Å². The van der Waals surface area contributed by atoms with Crippen molar-refractivity contribution < 1.29 is 14.3 Å². The van der Waals surface area contributed by atoms with E-state index < -0.39 is 0 Å². The first-order chi connectivity index (χ1) is 8.70. The zero-order chi connectivity index (χ0) is 13.0. The third kappa shape index (κ3) is 2.88. The Bertz CT molecular complexity index is 468. The summed E-state index contributed by atoms with van der Waals surface area (Å²) in [6, 6.07) is 5.82. The van der Waals surface area contributed by atoms with Gasteiger partial charge in [-0.25, -0.2) is 0 Å². The standard InChI is InChI=1S/C14H17NO3/c1-18-13(16)7-8-15-14(17)12-6-5-10-3-2-4-11(10)9-12/h5-6,9H,2-4,7-8H2,1H3,(H,15,17). The molecule has 2 rings (SSSR count). The molecular formula is C14H17NO3. The molecule has 0 aromatic heterocycles. The van der Waals surface area contributed by atoms with Crippen LogP contribution in [0.3, 0.4) is 0 Å². The first-order valence-corrected chi connectivity index (χ1v) is 6.17. The molecule has 0 saturated carbocycles. The van der Waals surface area contributed by atoms with E-state index in [1.165, 1.54) is 24.7 Å². The molecule has 18 heavy (non-hydrogen) atoms. The van der Waals surface area contributed by atoms with Crippen LogP contribution in [0, 0.1) is 0 Å². The summed E-state index contributed by atoms with van der Waals surface area (Å²) in [6.07, 6.45) is 3.54. The monoisotopic (exact) mass is 247 g/mol. The minimum absolute atomic E-state index is 0.131. The van der Waals surface area contributed by atoms with Crippen molar-refractivity contribution in [3.05, 3.63) is 34.9 Å². The van der Waals surface area contributed by atoms with Crippen LogP contribution in [0.25, 0.3) is 0 Å². The van der Waals surface area contributed by atoms with Crippen molar-refractivity contribution >= 4 is 11.9 Å². The van der Waals surface area contributed by atoms with Gasteiger partial charge in [-0.15, -0.1) is 0 Å². The number of carbonyl (C=O) groups is 2. The lowest BCUT2D eigenvalue weighted by Crippen LogP contribution is -2.26. The third-order valence-corrected chi connectivity index (χ3v) is 3.20. The van der Waals surface area contributed by atoms with Crippen LogP contribution in [0.5, 0.6) is 0 Å². The molecule has 1 aliphatic carbocycles. The Labute approximate surface area is 106 Å². The minimum Gasteiger partial charge on any atom is -0.469 e. The molecule has 0 unspecified atom stereocenters. The number of esters is 1. The molecule has 0 bridgehead atoms. The third-order valence-electron chi connectivity index (χ3n) is 3.20. The lowest BCUT2D eigenvalue weighted by molar-refractivity contribution is -0.140. The van der Waals surface area contributed by atoms with Crippen molar-refractivity contribution in [2.24, 2.45) is 0 Å². The zero-order valence-corrected chi connectivity index (χ0v) is 10.5. The van der Waals surface area contributed by atoms with E-state index in [1.54, 1.807) is 0 Å². The lowest BCUT2D eigenvalue weighted by atomic mass is 10.1. The average molecular weight is 247 g/mol. The molecule has 4 nitrogen and oxygen atoms in total. The van der Waals surface area contributed by atoms with E-state index in [-0.39, 0.29) is 18.3 Å². The largest absolute Gasteiger partial charge is 0.469 e. The van der Waals surface area contributed by atoms with Gasteiger partial charge in [0.25, 0.3) is 5.91 Å². The molecule has 0 aliphatic heterocycles. The van der Waals surface area contributed by atoms with Gasteiger partial charge in [0.05, 0.1) is 13.5 Å². The van der Waals surface area contributed by atoms with Gasteiger partial charge >= 0.3 is 5.97 Å². The fourth-order valence-corrected chi connectivity index (χ4v) is 2.20. The SMILES string of the molecule is COC(=O)CCNC(=O)c1ccc2c(c1)CCC2. The maximum Gasteiger partial charge on any atom is 0.307 e. The number of hydrogen-bond acceptors (Lipinski definition) is 3. The molecule has 1 amide bonds. The number of fused-ring (bicyclic) bond motifs is 1. The van der Waals surface area contributed by atoms with E-state index in [1.807, 2.05) is 18.2 Å². The molecule has 4 heteroatoms. The maximum atomic E-state index is 11.9. The minimum atomic E-state index is -0.316. The topological polar surface area (TPSA) is 55.4 Å². The first-order valence-electron chi connectivity index (χ1n) is 6.17. The number of methoxy groups -OCH3 is 1. The van der Waals surface area contributed by atoms with E-state index in [4.69, 9.17) is 0 Å². The number of carbonyl (C=O) groups excluding carboxylic acids is 2. The molecule has 1 N–H and O–H groups in total. The Hall–Kier alpha value is -1.84. The summed E-state index contributed by atoms with van der Waals surface area (Å²) in [6.45, 7) is 0.308. The highest BCUT2D eigenvalue weighted by atomic mass is 16.5. The Morgan fingerprint density at radius 1 is 1.28 bits per heavy atom. The number of amides is 1. The highest BCUT2D eigenvalue weighted by molar-refractivity contribution is 5.94. The number of rotatable bonds is 4. The number of nitrogens with one attached hydrogen (secondary N) is 1. The van der Waals surface area contributed by atoms with Gasteiger partial charge in [0, 0.05) is 12.1 Å². The average Bonchev–Trinajstić information content (AvgIpc) is 2.85. The van der Waals surface area contributed by atoms with Gasteiger partial charge in [-0.1, -0.05) is 6.07 Å². The van der Waals surface area contributed by atoms with Gasteiger partial charge in [-0.3, -0.25) is 9.59 Å². The highest BCUT2D eigenvalue weighted by Gasteiger charge is 2.13. The normalized spacial score (nSPS) is 12.9. The van der Waals surface area contributed by atoms with E-state index >= 15 is 0 Å². The van der Waals surface area contributed by atoms with Crippen molar-refractivity contribution in [2.75, 3.05) is 13.7 Å². The quantitative estimate of drug-likeness (QED) is 0.820. The Kier molecular flexibility index (Phi) is 3.97. The fourth-order valence-electron chi connectivity index (χ4n) is 2.20. The molecule has 1 aromatic carbocycles. The van der Waals surface area contributed by atoms with Crippen LogP contribution in [-0.2, 0) is 22.4 Å². The number of aryl methyl sites for hydroxylation is 2. The predicted octanol–water partition coefficient (Wildman–Crippen LogP) is 1.47. The van der Waals surface area contributed by atoms with Gasteiger partial charge in [-0.2, -0.15) is 0 Å². The van der Waals surface area contributed by atoms with E-state index in [0.29, 0.717) is 12.1 Å². The Morgan fingerprint density at radius 2 is 2.06 bits per heavy atom. The van der Waals surface area contributed by atoms with E-state index in [2.05, 4.69) is 10.1 Å². The van der Waals surface area contributed by atoms with Crippen LogP contribution in [0.15, 0.2) is 18.2 Å². The summed E-state index contributed by atoms with van der Waals surface area (Å²) in [4.78, 5) is 22.8. The summed E-state index contributed by atoms with van der Waals surface area (Å²) in [5, 5.41) is 2.72. The van der Waals surface area contributed by atoms with Crippen LogP contribution >= 0.6 is 0 Å². The second-order valence-corrected chi connectivity index (χ2v) is 4.42. The smallest absolute Gasteiger partial charge is 0.307 e. The van der Waals surface area contributed by atoms with Gasteiger partial charge in [0.2, 0.25) is 0 Å². The van der Waals surface area contributed by atoms with Crippen molar-refractivity contribution in [1.29, 1.82) is 0 Å². The number of hydrogen-bond donors (Lipinski definition) is 1. The molecule has 1 aromatic rings. The van der Waals surface area contributed by atoms with Crippen molar-refractivity contribution in [3.8, 4) is 0 Å². The van der Waals surface area contributed by atoms with E-state index in [9.17, 15) is 9.59 Å². The van der Waals surface area contributed by atoms with Crippen molar-refractivity contribution in [1.82, 2.24) is 5.32 Å². The number of benzene rings is 1. The molecule has 0 spiro atoms. The van der Waals surface area contributed by atoms with Crippen LogP contribution in [0.4, 0.5) is 0 Å². The van der Waals surface area contributed by atoms with Crippen molar-refractivity contribution in [3.63, 3.8) is 0 Å². The molecule has 0 atom stereocenters. The molecule has 0 fully saturated rings. The second kappa shape index (κ2) is 5.67. The molecule has 0 saturated heterocycles. The molecule has 0 heterocycles. The van der Waals surface area contributed by atoms with Gasteiger partial charge in [0.1, 0.15) is 0 Å². The van der Waals surface area contributed by atoms with Crippen LogP contribution in [-0.4, -0.2) is 25.5 Å². The second-order valence-electron chi connectivity index (χ2n) is 4.42. The summed E-state index contributed by atoms with van der Waals surface area (Å²) >= 11 is 0. The summed E-state index contributed by atoms with van der Waals surface area (Å²) in [7, 11) is 1.34. The molecule has 0 radical (unpaired) electrons. The first kappa shape index (κ1) is 12.6. The Balaban J connectivity index is 1.91. The fraction of sp³-hybridized carbons (Fsp3) is 0.429. The number of ether oxygens (including phenoxy) is 1. The molecule has 96 valence electrons. The van der Waals surface area contributed by atoms with Crippen LogP contribution < -0.4 is 5.32 Å². The van der Waals surface area contributed by atoms with Crippen molar-refractivity contribution in [2.45, 2.75) is 25.7 Å². The lowest BCUT2D eigenvalue weighted by Gasteiger charge is -2.06. The van der Waals surface area contributed by atoms with Crippen LogP contribution in [0.2, 0.25) is 0 Å². The molecular weight excluding hydrogens is 230 g/mol.